The van der Waals surface area contributed by atoms with Crippen molar-refractivity contribution < 1.29 is 0 Å². The summed E-state index contributed by atoms with van der Waals surface area (Å²) in [5, 5.41) is 3.38. The van der Waals surface area contributed by atoms with Crippen molar-refractivity contribution in [1.82, 2.24) is 15.2 Å². The number of nitrogens with zero attached hydrogens (tertiary/aromatic N) is 3. The normalized spacial score (nSPS) is 20.3. The summed E-state index contributed by atoms with van der Waals surface area (Å²) in [6.45, 7) is 7.89. The quantitative estimate of drug-likeness (QED) is 0.911. The van der Waals surface area contributed by atoms with Gasteiger partial charge in [-0.15, -0.1) is 12.4 Å². The minimum Gasteiger partial charge on any atom is -0.357 e. The zero-order valence-corrected chi connectivity index (χ0v) is 12.2. The van der Waals surface area contributed by atoms with E-state index in [1.807, 2.05) is 0 Å². The number of anilines is 1. The molecule has 2 aliphatic heterocycles. The van der Waals surface area contributed by atoms with E-state index >= 15 is 0 Å². The minimum atomic E-state index is 0. The largest absolute Gasteiger partial charge is 0.357 e. The zero-order chi connectivity index (χ0) is 12.2. The average molecular weight is 283 g/mol. The first kappa shape index (κ1) is 14.6. The Morgan fingerprint density at radius 1 is 1.05 bits per heavy atom. The second kappa shape index (κ2) is 7.08. The Balaban J connectivity index is 0.00000133. The van der Waals surface area contributed by atoms with Gasteiger partial charge in [-0.3, -0.25) is 4.90 Å². The Morgan fingerprint density at radius 3 is 2.42 bits per heavy atom. The van der Waals surface area contributed by atoms with E-state index in [0.717, 1.165) is 38.5 Å². The first-order valence-corrected chi connectivity index (χ1v) is 7.05. The van der Waals surface area contributed by atoms with Crippen molar-refractivity contribution in [3.8, 4) is 0 Å². The Labute approximate surface area is 121 Å². The molecule has 2 saturated heterocycles. The third-order valence-electron chi connectivity index (χ3n) is 3.85. The number of piperazine rings is 1. The molecule has 0 bridgehead atoms. The van der Waals surface area contributed by atoms with E-state index in [1.165, 1.54) is 31.5 Å². The molecular weight excluding hydrogens is 260 g/mol. The second-order valence-electron chi connectivity index (χ2n) is 5.24. The van der Waals surface area contributed by atoms with Crippen molar-refractivity contribution in [1.29, 1.82) is 0 Å². The van der Waals surface area contributed by atoms with Gasteiger partial charge < -0.3 is 10.2 Å². The van der Waals surface area contributed by atoms with Gasteiger partial charge in [0.1, 0.15) is 5.82 Å². The molecule has 5 heteroatoms. The van der Waals surface area contributed by atoms with Crippen LogP contribution < -0.4 is 10.2 Å². The van der Waals surface area contributed by atoms with Crippen LogP contribution in [-0.2, 0) is 6.54 Å². The Morgan fingerprint density at radius 2 is 1.79 bits per heavy atom. The van der Waals surface area contributed by atoms with Gasteiger partial charge in [0.05, 0.1) is 0 Å². The smallest absolute Gasteiger partial charge is 0.128 e. The van der Waals surface area contributed by atoms with Crippen LogP contribution in [0.3, 0.4) is 0 Å². The lowest BCUT2D eigenvalue weighted by Crippen LogP contribution is -2.42. The summed E-state index contributed by atoms with van der Waals surface area (Å²) in [6.07, 6.45) is 4.67. The molecule has 0 radical (unpaired) electrons. The fourth-order valence-electron chi connectivity index (χ4n) is 2.77. The van der Waals surface area contributed by atoms with Gasteiger partial charge in [-0.2, -0.15) is 0 Å². The van der Waals surface area contributed by atoms with E-state index in [4.69, 9.17) is 0 Å². The van der Waals surface area contributed by atoms with Crippen molar-refractivity contribution in [3.63, 3.8) is 0 Å². The Hall–Kier alpha value is -0.840. The number of hydrogen-bond acceptors (Lipinski definition) is 4. The molecule has 0 unspecified atom stereocenters. The second-order valence-corrected chi connectivity index (χ2v) is 5.24. The number of rotatable bonds is 3. The summed E-state index contributed by atoms with van der Waals surface area (Å²) in [5.41, 5.74) is 1.33. The Bertz CT molecular complexity index is 370. The molecule has 3 heterocycles. The molecule has 2 aliphatic rings. The SMILES string of the molecule is Cl.c1cc(N2CCCC2)ncc1CN1CCNCC1. The summed E-state index contributed by atoms with van der Waals surface area (Å²) in [6, 6.07) is 4.42. The number of hydrogen-bond donors (Lipinski definition) is 1. The van der Waals surface area contributed by atoms with Crippen molar-refractivity contribution in [2.45, 2.75) is 19.4 Å². The van der Waals surface area contributed by atoms with Gasteiger partial charge in [0.15, 0.2) is 0 Å². The van der Waals surface area contributed by atoms with Gasteiger partial charge in [-0.25, -0.2) is 4.98 Å². The predicted octanol–water partition coefficient (Wildman–Crippen LogP) is 1.51. The van der Waals surface area contributed by atoms with Crippen LogP contribution in [0, 0.1) is 0 Å². The van der Waals surface area contributed by atoms with Gasteiger partial charge in [-0.05, 0) is 24.5 Å². The van der Waals surface area contributed by atoms with Crippen LogP contribution in [-0.4, -0.2) is 49.2 Å². The van der Waals surface area contributed by atoms with Gasteiger partial charge >= 0.3 is 0 Å². The lowest BCUT2D eigenvalue weighted by Gasteiger charge is -2.27. The highest BCUT2D eigenvalue weighted by atomic mass is 35.5. The van der Waals surface area contributed by atoms with Crippen LogP contribution >= 0.6 is 12.4 Å². The first-order valence-electron chi connectivity index (χ1n) is 7.05. The van der Waals surface area contributed by atoms with Gasteiger partial charge in [0.2, 0.25) is 0 Å². The number of nitrogens with one attached hydrogen (secondary N) is 1. The standard InChI is InChI=1S/C14H22N4.ClH/c1-2-8-18(7-1)14-4-3-13(11-16-14)12-17-9-5-15-6-10-17;/h3-4,11,15H,1-2,5-10,12H2;1H. The van der Waals surface area contributed by atoms with Crippen molar-refractivity contribution in [2.24, 2.45) is 0 Å². The maximum atomic E-state index is 4.61. The van der Waals surface area contributed by atoms with E-state index in [-0.39, 0.29) is 12.4 Å². The molecule has 19 heavy (non-hydrogen) atoms. The third-order valence-corrected chi connectivity index (χ3v) is 3.85. The molecule has 2 fully saturated rings. The highest BCUT2D eigenvalue weighted by Gasteiger charge is 2.14. The van der Waals surface area contributed by atoms with Crippen molar-refractivity contribution in [3.05, 3.63) is 23.9 Å². The van der Waals surface area contributed by atoms with Gasteiger partial charge in [0.25, 0.3) is 0 Å². The van der Waals surface area contributed by atoms with E-state index in [1.54, 1.807) is 0 Å². The van der Waals surface area contributed by atoms with E-state index < -0.39 is 0 Å². The first-order chi connectivity index (χ1) is 8.92. The number of aromatic nitrogens is 1. The van der Waals surface area contributed by atoms with Gasteiger partial charge in [0, 0.05) is 52.0 Å². The maximum absolute atomic E-state index is 4.61. The van der Waals surface area contributed by atoms with Crippen molar-refractivity contribution in [2.75, 3.05) is 44.2 Å². The predicted molar refractivity (Wildman–Crippen MR) is 81.1 cm³/mol. The third kappa shape index (κ3) is 3.81. The summed E-state index contributed by atoms with van der Waals surface area (Å²) in [7, 11) is 0. The molecule has 1 aromatic heterocycles. The minimum absolute atomic E-state index is 0. The molecule has 1 N–H and O–H groups in total. The number of halogens is 1. The van der Waals surface area contributed by atoms with Crippen molar-refractivity contribution >= 4 is 18.2 Å². The highest BCUT2D eigenvalue weighted by molar-refractivity contribution is 5.85. The molecule has 0 aromatic carbocycles. The van der Waals surface area contributed by atoms with Crippen LogP contribution in [0.5, 0.6) is 0 Å². The molecule has 3 rings (SSSR count). The highest BCUT2D eigenvalue weighted by Crippen LogP contribution is 2.18. The summed E-state index contributed by atoms with van der Waals surface area (Å²) < 4.78 is 0. The van der Waals surface area contributed by atoms with Crippen LogP contribution in [0.4, 0.5) is 5.82 Å². The lowest BCUT2D eigenvalue weighted by molar-refractivity contribution is 0.233. The van der Waals surface area contributed by atoms with E-state index in [2.05, 4.69) is 38.4 Å². The molecule has 0 spiro atoms. The molecule has 106 valence electrons. The monoisotopic (exact) mass is 282 g/mol. The molecular formula is C14H23ClN4. The fourth-order valence-corrected chi connectivity index (χ4v) is 2.77. The molecule has 0 saturated carbocycles. The Kier molecular flexibility index (Phi) is 5.43. The van der Waals surface area contributed by atoms with Gasteiger partial charge in [-0.1, -0.05) is 6.07 Å². The molecule has 1 aromatic rings. The maximum Gasteiger partial charge on any atom is 0.128 e. The topological polar surface area (TPSA) is 31.4 Å². The molecule has 4 nitrogen and oxygen atoms in total. The molecule has 0 amide bonds. The summed E-state index contributed by atoms with van der Waals surface area (Å²) >= 11 is 0. The number of pyridine rings is 1. The van der Waals surface area contributed by atoms with E-state index in [0.29, 0.717) is 0 Å². The lowest BCUT2D eigenvalue weighted by atomic mass is 10.2. The van der Waals surface area contributed by atoms with Crippen LogP contribution in [0.25, 0.3) is 0 Å². The fraction of sp³-hybridized carbons (Fsp3) is 0.643. The van der Waals surface area contributed by atoms with Crippen LogP contribution in [0.15, 0.2) is 18.3 Å². The average Bonchev–Trinajstić information content (AvgIpc) is 2.95. The molecule has 0 atom stereocenters. The van der Waals surface area contributed by atoms with Crippen LogP contribution in [0.2, 0.25) is 0 Å². The summed E-state index contributed by atoms with van der Waals surface area (Å²) in [5.74, 6) is 1.15. The summed E-state index contributed by atoms with van der Waals surface area (Å²) in [4.78, 5) is 9.48. The zero-order valence-electron chi connectivity index (χ0n) is 11.3. The van der Waals surface area contributed by atoms with Crippen LogP contribution in [0.1, 0.15) is 18.4 Å². The van der Waals surface area contributed by atoms with E-state index in [9.17, 15) is 0 Å². The molecule has 0 aliphatic carbocycles.